The summed E-state index contributed by atoms with van der Waals surface area (Å²) in [6.45, 7) is 3.44. The molecule has 2 N–H and O–H groups in total. The van der Waals surface area contributed by atoms with E-state index in [2.05, 4.69) is 6.58 Å². The minimum atomic E-state index is -0.805. The van der Waals surface area contributed by atoms with Gasteiger partial charge in [0.2, 0.25) is 0 Å². The summed E-state index contributed by atoms with van der Waals surface area (Å²) < 4.78 is 0. The summed E-state index contributed by atoms with van der Waals surface area (Å²) >= 11 is 0. The van der Waals surface area contributed by atoms with Gasteiger partial charge in [-0.15, -0.1) is 0 Å². The van der Waals surface area contributed by atoms with Gasteiger partial charge in [0.1, 0.15) is 5.75 Å². The molecule has 0 spiro atoms. The average Bonchev–Trinajstić information content (AvgIpc) is 2.04. The van der Waals surface area contributed by atoms with Crippen molar-refractivity contribution in [1.29, 1.82) is 0 Å². The van der Waals surface area contributed by atoms with E-state index in [1.807, 2.05) is 0 Å². The second kappa shape index (κ2) is 3.09. The van der Waals surface area contributed by atoms with Crippen LogP contribution in [-0.4, -0.2) is 11.0 Å². The molecule has 0 aromatic heterocycles. The zero-order valence-electron chi connectivity index (χ0n) is 6.37. The molecule has 3 heteroatoms. The highest BCUT2D eigenvalue weighted by atomic mass is 16.3. The first-order valence-corrected chi connectivity index (χ1v) is 3.35. The van der Waals surface area contributed by atoms with Gasteiger partial charge >= 0.3 is 0 Å². The van der Waals surface area contributed by atoms with Crippen LogP contribution in [0.5, 0.6) is 5.75 Å². The Morgan fingerprint density at radius 1 is 1.33 bits per heavy atom. The number of phenols is 1. The largest absolute Gasteiger partial charge is 0.508 e. The second-order valence-electron chi connectivity index (χ2n) is 2.35. The van der Waals surface area contributed by atoms with Crippen LogP contribution in [0.4, 0.5) is 0 Å². The van der Waals surface area contributed by atoms with E-state index in [0.29, 0.717) is 5.56 Å². The fourth-order valence-electron chi connectivity index (χ4n) is 0.794. The third-order valence-electron chi connectivity index (χ3n) is 1.49. The number of hydrogen-bond donors (Lipinski definition) is 1. The molecule has 0 aliphatic heterocycles. The molecule has 12 heavy (non-hydrogen) atoms. The SMILES string of the molecule is C=C(C([NH])=O)c1ccc(O)cc1. The van der Waals surface area contributed by atoms with Crippen molar-refractivity contribution in [3.8, 4) is 5.75 Å². The predicted octanol–water partition coefficient (Wildman–Crippen LogP) is 1.21. The van der Waals surface area contributed by atoms with Crippen molar-refractivity contribution in [2.75, 3.05) is 0 Å². The van der Waals surface area contributed by atoms with Crippen molar-refractivity contribution in [2.24, 2.45) is 0 Å². The molecule has 3 nitrogen and oxygen atoms in total. The topological polar surface area (TPSA) is 61.1 Å². The first-order chi connectivity index (χ1) is 5.61. The molecule has 0 aliphatic rings. The number of carbonyl (C=O) groups is 1. The maximum Gasteiger partial charge on any atom is 0.269 e. The van der Waals surface area contributed by atoms with Gasteiger partial charge in [-0.25, -0.2) is 0 Å². The van der Waals surface area contributed by atoms with E-state index in [1.165, 1.54) is 12.1 Å². The molecule has 0 aliphatic carbocycles. The number of hydrogen-bond acceptors (Lipinski definition) is 2. The molecule has 0 atom stereocenters. The highest BCUT2D eigenvalue weighted by molar-refractivity contribution is 6.17. The van der Waals surface area contributed by atoms with Gasteiger partial charge in [0.25, 0.3) is 5.91 Å². The predicted molar refractivity (Wildman–Crippen MR) is 45.2 cm³/mol. The summed E-state index contributed by atoms with van der Waals surface area (Å²) in [5.74, 6) is -0.676. The van der Waals surface area contributed by atoms with Crippen LogP contribution in [0, 0.1) is 0 Å². The molecule has 61 valence electrons. The minimum Gasteiger partial charge on any atom is -0.508 e. The van der Waals surface area contributed by atoms with Crippen LogP contribution in [-0.2, 0) is 4.79 Å². The van der Waals surface area contributed by atoms with Gasteiger partial charge in [-0.05, 0) is 17.7 Å². The van der Waals surface area contributed by atoms with Crippen molar-refractivity contribution in [2.45, 2.75) is 0 Å². The molecular formula is C9H8NO2. The van der Waals surface area contributed by atoms with E-state index in [-0.39, 0.29) is 11.3 Å². The lowest BCUT2D eigenvalue weighted by atomic mass is 10.1. The number of rotatable bonds is 2. The highest BCUT2D eigenvalue weighted by Gasteiger charge is 2.04. The van der Waals surface area contributed by atoms with E-state index in [4.69, 9.17) is 10.8 Å². The van der Waals surface area contributed by atoms with E-state index < -0.39 is 5.91 Å². The van der Waals surface area contributed by atoms with Gasteiger partial charge in [0, 0.05) is 5.57 Å². The van der Waals surface area contributed by atoms with Crippen molar-refractivity contribution in [1.82, 2.24) is 5.73 Å². The van der Waals surface area contributed by atoms with E-state index in [0.717, 1.165) is 0 Å². The van der Waals surface area contributed by atoms with Crippen LogP contribution in [0.25, 0.3) is 5.57 Å². The van der Waals surface area contributed by atoms with Crippen molar-refractivity contribution < 1.29 is 9.90 Å². The lowest BCUT2D eigenvalue weighted by Gasteiger charge is -1.99. The Labute approximate surface area is 70.1 Å². The molecule has 1 rings (SSSR count). The fraction of sp³-hybridized carbons (Fsp3) is 0. The van der Waals surface area contributed by atoms with Crippen LogP contribution in [0.15, 0.2) is 30.8 Å². The standard InChI is InChI=1S/C9H8NO2/c1-6(9(10)12)7-2-4-8(11)5-3-7/h2-5,10-11H,1H2. The zero-order chi connectivity index (χ0) is 9.14. The lowest BCUT2D eigenvalue weighted by Crippen LogP contribution is -1.99. The number of carbonyl (C=O) groups excluding carboxylic acids is 1. The second-order valence-corrected chi connectivity index (χ2v) is 2.35. The van der Waals surface area contributed by atoms with Crippen LogP contribution in [0.1, 0.15) is 5.56 Å². The fourth-order valence-corrected chi connectivity index (χ4v) is 0.794. The maximum atomic E-state index is 10.5. The van der Waals surface area contributed by atoms with Crippen LogP contribution < -0.4 is 5.73 Å². The molecule has 0 saturated carbocycles. The van der Waals surface area contributed by atoms with Gasteiger partial charge < -0.3 is 5.11 Å². The Balaban J connectivity index is 2.98. The highest BCUT2D eigenvalue weighted by Crippen LogP contribution is 2.15. The lowest BCUT2D eigenvalue weighted by molar-refractivity contribution is -0.113. The van der Waals surface area contributed by atoms with Gasteiger partial charge in [0.05, 0.1) is 0 Å². The van der Waals surface area contributed by atoms with Gasteiger partial charge in [-0.2, -0.15) is 0 Å². The Morgan fingerprint density at radius 2 is 1.83 bits per heavy atom. The average molecular weight is 162 g/mol. The monoisotopic (exact) mass is 162 g/mol. The molecule has 0 bridgehead atoms. The van der Waals surface area contributed by atoms with Crippen LogP contribution >= 0.6 is 0 Å². The smallest absolute Gasteiger partial charge is 0.269 e. The summed E-state index contributed by atoms with van der Waals surface area (Å²) in [5.41, 5.74) is 7.47. The summed E-state index contributed by atoms with van der Waals surface area (Å²) in [5, 5.41) is 8.92. The first-order valence-electron chi connectivity index (χ1n) is 3.35. The Bertz CT molecular complexity index is 314. The quantitative estimate of drug-likeness (QED) is 0.664. The molecular weight excluding hydrogens is 154 g/mol. The van der Waals surface area contributed by atoms with Gasteiger partial charge in [-0.1, -0.05) is 18.7 Å². The third-order valence-corrected chi connectivity index (χ3v) is 1.49. The number of benzene rings is 1. The van der Waals surface area contributed by atoms with Crippen LogP contribution in [0.2, 0.25) is 0 Å². The number of aromatic hydroxyl groups is 1. The Hall–Kier alpha value is -1.77. The molecule has 0 saturated heterocycles. The van der Waals surface area contributed by atoms with Crippen molar-refractivity contribution in [3.05, 3.63) is 36.4 Å². The summed E-state index contributed by atoms with van der Waals surface area (Å²) in [6.07, 6.45) is 0. The first kappa shape index (κ1) is 8.33. The summed E-state index contributed by atoms with van der Waals surface area (Å²) in [4.78, 5) is 10.5. The molecule has 0 fully saturated rings. The number of nitrogens with one attached hydrogen (secondary N) is 1. The molecule has 1 aromatic rings. The molecule has 1 radical (unpaired) electrons. The molecule has 0 unspecified atom stereocenters. The molecule has 1 amide bonds. The van der Waals surface area contributed by atoms with Gasteiger partial charge in [-0.3, -0.25) is 10.5 Å². The molecule has 1 aromatic carbocycles. The summed E-state index contributed by atoms with van der Waals surface area (Å²) in [6, 6.07) is 5.99. The Kier molecular flexibility index (Phi) is 2.14. The van der Waals surface area contributed by atoms with Crippen molar-refractivity contribution >= 4 is 11.5 Å². The third kappa shape index (κ3) is 1.63. The van der Waals surface area contributed by atoms with Crippen molar-refractivity contribution in [3.63, 3.8) is 0 Å². The minimum absolute atomic E-state index is 0.129. The number of amides is 1. The Morgan fingerprint density at radius 3 is 2.25 bits per heavy atom. The van der Waals surface area contributed by atoms with E-state index in [1.54, 1.807) is 12.1 Å². The van der Waals surface area contributed by atoms with Crippen LogP contribution in [0.3, 0.4) is 0 Å². The zero-order valence-corrected chi connectivity index (χ0v) is 6.37. The normalized spacial score (nSPS) is 9.33. The van der Waals surface area contributed by atoms with E-state index in [9.17, 15) is 4.79 Å². The number of phenolic OH excluding ortho intramolecular Hbond substituents is 1. The van der Waals surface area contributed by atoms with Gasteiger partial charge in [0.15, 0.2) is 0 Å². The van der Waals surface area contributed by atoms with E-state index >= 15 is 0 Å². The summed E-state index contributed by atoms with van der Waals surface area (Å²) in [7, 11) is 0. The molecule has 0 heterocycles. The maximum absolute atomic E-state index is 10.5.